The average molecular weight is 255 g/mol. The Morgan fingerprint density at radius 3 is 2.71 bits per heavy atom. The summed E-state index contributed by atoms with van der Waals surface area (Å²) >= 11 is 6.23. The highest BCUT2D eigenvalue weighted by Gasteiger charge is 2.15. The molecule has 1 aromatic carbocycles. The van der Waals surface area contributed by atoms with Crippen LogP contribution in [0.3, 0.4) is 0 Å². The standard InChI is InChI=1S/C13H19ClN2O/c1-3-17-13-8-10(2)12(9-11(13)14)16-6-4-15-5-7-16/h8-9,15H,3-7H2,1-2H3. The van der Waals surface area contributed by atoms with Crippen molar-refractivity contribution < 1.29 is 4.74 Å². The van der Waals surface area contributed by atoms with E-state index in [2.05, 4.69) is 17.1 Å². The molecular formula is C13H19ClN2O. The molecule has 0 radical (unpaired) electrons. The van der Waals surface area contributed by atoms with E-state index in [9.17, 15) is 0 Å². The van der Waals surface area contributed by atoms with Gasteiger partial charge in [0.25, 0.3) is 0 Å². The minimum Gasteiger partial charge on any atom is -0.492 e. The van der Waals surface area contributed by atoms with Crippen LogP contribution in [-0.4, -0.2) is 32.8 Å². The zero-order valence-corrected chi connectivity index (χ0v) is 11.2. The number of anilines is 1. The Hall–Kier alpha value is -0.930. The lowest BCUT2D eigenvalue weighted by Crippen LogP contribution is -2.43. The molecule has 0 amide bonds. The fourth-order valence-corrected chi connectivity index (χ4v) is 2.37. The van der Waals surface area contributed by atoms with Gasteiger partial charge in [0, 0.05) is 31.9 Å². The SMILES string of the molecule is CCOc1cc(C)c(N2CCNCC2)cc1Cl. The van der Waals surface area contributed by atoms with Crippen molar-refractivity contribution >= 4 is 17.3 Å². The minimum atomic E-state index is 0.645. The number of aryl methyl sites for hydroxylation is 1. The third-order valence-corrected chi connectivity index (χ3v) is 3.30. The van der Waals surface area contributed by atoms with Gasteiger partial charge in [-0.2, -0.15) is 0 Å². The van der Waals surface area contributed by atoms with Crippen molar-refractivity contribution in [1.29, 1.82) is 0 Å². The molecule has 1 fully saturated rings. The molecule has 94 valence electrons. The van der Waals surface area contributed by atoms with E-state index in [-0.39, 0.29) is 0 Å². The van der Waals surface area contributed by atoms with Crippen LogP contribution in [0.15, 0.2) is 12.1 Å². The fraction of sp³-hybridized carbons (Fsp3) is 0.538. The van der Waals surface area contributed by atoms with Gasteiger partial charge in [0.1, 0.15) is 5.75 Å². The van der Waals surface area contributed by atoms with Crippen LogP contribution in [0.25, 0.3) is 0 Å². The maximum absolute atomic E-state index is 6.23. The Bertz CT molecular complexity index is 389. The number of rotatable bonds is 3. The second-order valence-corrected chi connectivity index (χ2v) is 4.65. The van der Waals surface area contributed by atoms with E-state index in [0.29, 0.717) is 11.6 Å². The largest absolute Gasteiger partial charge is 0.492 e. The maximum atomic E-state index is 6.23. The van der Waals surface area contributed by atoms with Crippen LogP contribution >= 0.6 is 11.6 Å². The molecule has 17 heavy (non-hydrogen) atoms. The number of hydrogen-bond donors (Lipinski definition) is 1. The van der Waals surface area contributed by atoms with Crippen molar-refractivity contribution in [2.24, 2.45) is 0 Å². The molecule has 1 N–H and O–H groups in total. The van der Waals surface area contributed by atoms with E-state index in [1.165, 1.54) is 11.3 Å². The van der Waals surface area contributed by atoms with Crippen molar-refractivity contribution in [3.8, 4) is 5.75 Å². The zero-order chi connectivity index (χ0) is 12.3. The number of ether oxygens (including phenoxy) is 1. The van der Waals surface area contributed by atoms with Gasteiger partial charge in [0.15, 0.2) is 0 Å². The lowest BCUT2D eigenvalue weighted by atomic mass is 10.1. The van der Waals surface area contributed by atoms with Crippen LogP contribution in [0, 0.1) is 6.92 Å². The first-order valence-electron chi connectivity index (χ1n) is 6.11. The summed E-state index contributed by atoms with van der Waals surface area (Å²) in [5.41, 5.74) is 2.44. The monoisotopic (exact) mass is 254 g/mol. The minimum absolute atomic E-state index is 0.645. The summed E-state index contributed by atoms with van der Waals surface area (Å²) in [6.07, 6.45) is 0. The molecule has 0 unspecified atom stereocenters. The molecule has 1 aromatic rings. The van der Waals surface area contributed by atoms with E-state index in [1.54, 1.807) is 0 Å². The first kappa shape index (κ1) is 12.5. The summed E-state index contributed by atoms with van der Waals surface area (Å²) in [6.45, 7) is 8.85. The van der Waals surface area contributed by atoms with Crippen molar-refractivity contribution in [1.82, 2.24) is 5.32 Å². The molecule has 2 rings (SSSR count). The Kier molecular flexibility index (Phi) is 4.13. The van der Waals surface area contributed by atoms with Gasteiger partial charge in [-0.05, 0) is 31.5 Å². The van der Waals surface area contributed by atoms with Gasteiger partial charge < -0.3 is 15.0 Å². The van der Waals surface area contributed by atoms with Gasteiger partial charge in [0.05, 0.1) is 11.6 Å². The summed E-state index contributed by atoms with van der Waals surface area (Å²) in [5, 5.41) is 4.05. The Labute approximate surface area is 108 Å². The van der Waals surface area contributed by atoms with Crippen LogP contribution < -0.4 is 15.0 Å². The van der Waals surface area contributed by atoms with Gasteiger partial charge in [0.2, 0.25) is 0 Å². The third kappa shape index (κ3) is 2.85. The van der Waals surface area contributed by atoms with Crippen molar-refractivity contribution in [3.63, 3.8) is 0 Å². The normalized spacial score (nSPS) is 16.1. The zero-order valence-electron chi connectivity index (χ0n) is 10.4. The number of nitrogens with zero attached hydrogens (tertiary/aromatic N) is 1. The van der Waals surface area contributed by atoms with E-state index < -0.39 is 0 Å². The topological polar surface area (TPSA) is 24.5 Å². The maximum Gasteiger partial charge on any atom is 0.138 e. The average Bonchev–Trinajstić information content (AvgIpc) is 2.35. The second-order valence-electron chi connectivity index (χ2n) is 4.24. The predicted octanol–water partition coefficient (Wildman–Crippen LogP) is 2.46. The number of benzene rings is 1. The molecule has 4 heteroatoms. The summed E-state index contributed by atoms with van der Waals surface area (Å²) < 4.78 is 5.50. The van der Waals surface area contributed by atoms with Gasteiger partial charge in [-0.1, -0.05) is 11.6 Å². The third-order valence-electron chi connectivity index (χ3n) is 3.01. The van der Waals surface area contributed by atoms with Crippen LogP contribution in [0.4, 0.5) is 5.69 Å². The van der Waals surface area contributed by atoms with Gasteiger partial charge in [-0.25, -0.2) is 0 Å². The molecule has 0 atom stereocenters. The predicted molar refractivity (Wildman–Crippen MR) is 72.4 cm³/mol. The molecule has 1 heterocycles. The van der Waals surface area contributed by atoms with Crippen LogP contribution in [0.1, 0.15) is 12.5 Å². The number of hydrogen-bond acceptors (Lipinski definition) is 3. The lowest BCUT2D eigenvalue weighted by molar-refractivity contribution is 0.340. The van der Waals surface area contributed by atoms with Crippen LogP contribution in [0.2, 0.25) is 5.02 Å². The van der Waals surface area contributed by atoms with Gasteiger partial charge in [-0.3, -0.25) is 0 Å². The molecule has 0 bridgehead atoms. The molecule has 1 saturated heterocycles. The highest BCUT2D eigenvalue weighted by molar-refractivity contribution is 6.32. The Morgan fingerprint density at radius 1 is 1.35 bits per heavy atom. The van der Waals surface area contributed by atoms with Crippen LogP contribution in [0.5, 0.6) is 5.75 Å². The number of halogens is 1. The second kappa shape index (κ2) is 5.61. The Balaban J connectivity index is 2.25. The summed E-state index contributed by atoms with van der Waals surface area (Å²) in [5.74, 6) is 0.783. The summed E-state index contributed by atoms with van der Waals surface area (Å²) in [7, 11) is 0. The first-order chi connectivity index (χ1) is 8.22. The summed E-state index contributed by atoms with van der Waals surface area (Å²) in [4.78, 5) is 2.37. The quantitative estimate of drug-likeness (QED) is 0.897. The number of piperazine rings is 1. The van der Waals surface area contributed by atoms with E-state index >= 15 is 0 Å². The fourth-order valence-electron chi connectivity index (χ4n) is 2.16. The lowest BCUT2D eigenvalue weighted by Gasteiger charge is -2.31. The molecule has 0 aliphatic carbocycles. The first-order valence-corrected chi connectivity index (χ1v) is 6.48. The van der Waals surface area contributed by atoms with E-state index in [1.807, 2.05) is 19.1 Å². The van der Waals surface area contributed by atoms with Gasteiger partial charge >= 0.3 is 0 Å². The highest BCUT2D eigenvalue weighted by atomic mass is 35.5. The van der Waals surface area contributed by atoms with Crippen molar-refractivity contribution in [3.05, 3.63) is 22.7 Å². The van der Waals surface area contributed by atoms with E-state index in [0.717, 1.165) is 31.9 Å². The molecular weight excluding hydrogens is 236 g/mol. The molecule has 1 aliphatic heterocycles. The molecule has 3 nitrogen and oxygen atoms in total. The van der Waals surface area contributed by atoms with E-state index in [4.69, 9.17) is 16.3 Å². The molecule has 0 aromatic heterocycles. The summed E-state index contributed by atoms with van der Waals surface area (Å²) in [6, 6.07) is 4.05. The molecule has 1 aliphatic rings. The smallest absolute Gasteiger partial charge is 0.138 e. The molecule has 0 saturated carbocycles. The van der Waals surface area contributed by atoms with Crippen molar-refractivity contribution in [2.75, 3.05) is 37.7 Å². The highest BCUT2D eigenvalue weighted by Crippen LogP contribution is 2.33. The van der Waals surface area contributed by atoms with Crippen molar-refractivity contribution in [2.45, 2.75) is 13.8 Å². The number of nitrogens with one attached hydrogen (secondary N) is 1. The Morgan fingerprint density at radius 2 is 2.06 bits per heavy atom. The molecule has 0 spiro atoms. The van der Waals surface area contributed by atoms with Crippen LogP contribution in [-0.2, 0) is 0 Å². The van der Waals surface area contributed by atoms with Gasteiger partial charge in [-0.15, -0.1) is 0 Å².